The first-order chi connectivity index (χ1) is 7.65. The topological polar surface area (TPSA) is 110 Å². The number of aromatic amines is 2. The van der Waals surface area contributed by atoms with E-state index < -0.39 is 0 Å². The summed E-state index contributed by atoms with van der Waals surface area (Å²) in [6.45, 7) is 0. The molecule has 1 aromatic heterocycles. The molecule has 0 amide bonds. The van der Waals surface area contributed by atoms with Crippen LogP contribution < -0.4 is 0 Å². The SMILES string of the molecule is Oc1ccc(N=Nc2nc(=S)[nH][nH]2)cc1O. The van der Waals surface area contributed by atoms with Crippen molar-refractivity contribution in [3.05, 3.63) is 23.0 Å². The lowest BCUT2D eigenvalue weighted by atomic mass is 10.3. The van der Waals surface area contributed by atoms with Gasteiger partial charge in [0.2, 0.25) is 4.77 Å². The number of nitrogens with zero attached hydrogens (tertiary/aromatic N) is 3. The molecule has 0 aliphatic carbocycles. The van der Waals surface area contributed by atoms with Crippen LogP contribution in [0.25, 0.3) is 0 Å². The van der Waals surface area contributed by atoms with Gasteiger partial charge in [0.15, 0.2) is 11.5 Å². The summed E-state index contributed by atoms with van der Waals surface area (Å²) in [7, 11) is 0. The largest absolute Gasteiger partial charge is 0.504 e. The van der Waals surface area contributed by atoms with Gasteiger partial charge in [0.25, 0.3) is 5.95 Å². The van der Waals surface area contributed by atoms with Crippen LogP contribution in [-0.4, -0.2) is 25.4 Å². The minimum absolute atomic E-state index is 0.210. The highest BCUT2D eigenvalue weighted by Gasteiger charge is 1.99. The van der Waals surface area contributed by atoms with Gasteiger partial charge in [-0.2, -0.15) is 4.98 Å². The van der Waals surface area contributed by atoms with Crippen LogP contribution in [0.5, 0.6) is 11.5 Å². The van der Waals surface area contributed by atoms with Crippen LogP contribution >= 0.6 is 12.2 Å². The van der Waals surface area contributed by atoms with Gasteiger partial charge in [-0.05, 0) is 24.4 Å². The molecule has 4 N–H and O–H groups in total. The zero-order valence-corrected chi connectivity index (χ0v) is 8.69. The zero-order chi connectivity index (χ0) is 11.5. The number of aromatic nitrogens is 3. The van der Waals surface area contributed by atoms with Gasteiger partial charge in [-0.15, -0.1) is 10.2 Å². The van der Waals surface area contributed by atoms with Crippen molar-refractivity contribution in [3.8, 4) is 11.5 Å². The summed E-state index contributed by atoms with van der Waals surface area (Å²) in [5, 5.41) is 30.9. The highest BCUT2D eigenvalue weighted by molar-refractivity contribution is 7.71. The third-order valence-corrected chi connectivity index (χ3v) is 1.90. The summed E-state index contributed by atoms with van der Waals surface area (Å²) < 4.78 is 0.280. The van der Waals surface area contributed by atoms with Crippen LogP contribution in [0.3, 0.4) is 0 Å². The number of nitrogens with one attached hydrogen (secondary N) is 2. The molecule has 0 fully saturated rings. The molecule has 0 unspecified atom stereocenters. The third-order valence-electron chi connectivity index (χ3n) is 1.71. The Morgan fingerprint density at radius 1 is 1.12 bits per heavy atom. The number of hydrogen-bond donors (Lipinski definition) is 4. The van der Waals surface area contributed by atoms with Crippen LogP contribution in [0.1, 0.15) is 0 Å². The van der Waals surface area contributed by atoms with Crippen molar-refractivity contribution in [3.63, 3.8) is 0 Å². The van der Waals surface area contributed by atoms with Gasteiger partial charge in [-0.25, -0.2) is 0 Å². The first kappa shape index (κ1) is 10.3. The van der Waals surface area contributed by atoms with E-state index in [-0.39, 0.29) is 22.2 Å². The Kier molecular flexibility index (Phi) is 2.64. The molecule has 82 valence electrons. The molecule has 0 radical (unpaired) electrons. The quantitative estimate of drug-likeness (QED) is 0.365. The Hall–Kier alpha value is -2.22. The van der Waals surface area contributed by atoms with Crippen LogP contribution in [0, 0.1) is 4.77 Å². The zero-order valence-electron chi connectivity index (χ0n) is 7.88. The summed E-state index contributed by atoms with van der Waals surface area (Å²) in [6, 6.07) is 4.09. The van der Waals surface area contributed by atoms with E-state index in [2.05, 4.69) is 25.4 Å². The van der Waals surface area contributed by atoms with Gasteiger partial charge in [-0.1, -0.05) is 0 Å². The Balaban J connectivity index is 2.23. The van der Waals surface area contributed by atoms with Crippen molar-refractivity contribution in [2.24, 2.45) is 10.2 Å². The van der Waals surface area contributed by atoms with Crippen LogP contribution in [0.2, 0.25) is 0 Å². The Labute approximate surface area is 94.5 Å². The molecular weight excluding hydrogens is 230 g/mol. The van der Waals surface area contributed by atoms with E-state index in [0.717, 1.165) is 0 Å². The van der Waals surface area contributed by atoms with E-state index in [1.54, 1.807) is 0 Å². The lowest BCUT2D eigenvalue weighted by Gasteiger charge is -1.96. The lowest BCUT2D eigenvalue weighted by molar-refractivity contribution is 0.404. The van der Waals surface area contributed by atoms with Crippen LogP contribution in [-0.2, 0) is 0 Å². The number of azo groups is 1. The van der Waals surface area contributed by atoms with Crippen molar-refractivity contribution < 1.29 is 10.2 Å². The molecule has 2 rings (SSSR count). The van der Waals surface area contributed by atoms with Gasteiger partial charge >= 0.3 is 0 Å². The minimum atomic E-state index is -0.258. The maximum Gasteiger partial charge on any atom is 0.264 e. The molecule has 0 saturated heterocycles. The van der Waals surface area contributed by atoms with E-state index in [9.17, 15) is 5.11 Å². The van der Waals surface area contributed by atoms with Gasteiger partial charge in [0, 0.05) is 6.07 Å². The molecule has 0 aliphatic heterocycles. The molecule has 8 heteroatoms. The number of phenols is 2. The van der Waals surface area contributed by atoms with Crippen molar-refractivity contribution in [2.45, 2.75) is 0 Å². The number of benzene rings is 1. The minimum Gasteiger partial charge on any atom is -0.504 e. The number of H-pyrrole nitrogens is 2. The average Bonchev–Trinajstić information content (AvgIpc) is 2.66. The molecule has 7 nitrogen and oxygen atoms in total. The van der Waals surface area contributed by atoms with Gasteiger partial charge < -0.3 is 10.2 Å². The molecule has 0 spiro atoms. The first-order valence-corrected chi connectivity index (χ1v) is 4.64. The van der Waals surface area contributed by atoms with Crippen LogP contribution in [0.4, 0.5) is 11.6 Å². The molecule has 1 heterocycles. The molecule has 0 saturated carbocycles. The fourth-order valence-corrected chi connectivity index (χ4v) is 1.13. The fourth-order valence-electron chi connectivity index (χ4n) is 0.988. The summed E-state index contributed by atoms with van der Waals surface area (Å²) in [5.74, 6) is -0.234. The Morgan fingerprint density at radius 3 is 2.56 bits per heavy atom. The highest BCUT2D eigenvalue weighted by Crippen LogP contribution is 2.29. The summed E-state index contributed by atoms with van der Waals surface area (Å²) in [6.07, 6.45) is 0. The molecule has 2 aromatic rings. The predicted molar refractivity (Wildman–Crippen MR) is 57.7 cm³/mol. The maximum absolute atomic E-state index is 9.20. The van der Waals surface area contributed by atoms with E-state index in [4.69, 9.17) is 17.3 Å². The first-order valence-electron chi connectivity index (χ1n) is 4.23. The molecule has 16 heavy (non-hydrogen) atoms. The second-order valence-corrected chi connectivity index (χ2v) is 3.25. The fraction of sp³-hybridized carbons (Fsp3) is 0. The second-order valence-electron chi connectivity index (χ2n) is 2.86. The van der Waals surface area contributed by atoms with Crippen molar-refractivity contribution in [2.75, 3.05) is 0 Å². The smallest absolute Gasteiger partial charge is 0.264 e. The van der Waals surface area contributed by atoms with Crippen molar-refractivity contribution in [1.82, 2.24) is 15.2 Å². The summed E-state index contributed by atoms with van der Waals surface area (Å²) in [4.78, 5) is 3.80. The summed E-state index contributed by atoms with van der Waals surface area (Å²) in [5.41, 5.74) is 0.387. The standard InChI is InChI=1S/C8H7N5O2S/c14-5-2-1-4(3-6(5)15)10-11-7-9-8(16)13-12-7/h1-3,14-15H,(H2,9,12,13,16). The molecule has 0 atom stereocenters. The molecule has 0 aliphatic rings. The monoisotopic (exact) mass is 237 g/mol. The van der Waals surface area contributed by atoms with Gasteiger partial charge in [0.05, 0.1) is 5.69 Å². The van der Waals surface area contributed by atoms with Gasteiger partial charge in [-0.3, -0.25) is 10.2 Å². The Morgan fingerprint density at radius 2 is 1.94 bits per heavy atom. The number of aromatic hydroxyl groups is 2. The van der Waals surface area contributed by atoms with E-state index in [1.165, 1.54) is 18.2 Å². The molecule has 1 aromatic carbocycles. The third kappa shape index (κ3) is 2.23. The molecular formula is C8H7N5O2S. The van der Waals surface area contributed by atoms with Crippen molar-refractivity contribution >= 4 is 23.9 Å². The van der Waals surface area contributed by atoms with Gasteiger partial charge in [0.1, 0.15) is 0 Å². The summed E-state index contributed by atoms with van der Waals surface area (Å²) >= 11 is 4.73. The predicted octanol–water partition coefficient (Wildman–Crippen LogP) is 2.29. The van der Waals surface area contributed by atoms with E-state index >= 15 is 0 Å². The molecule has 0 bridgehead atoms. The van der Waals surface area contributed by atoms with E-state index in [1.807, 2.05) is 0 Å². The number of phenolic OH excluding ortho intramolecular Hbond substituents is 2. The van der Waals surface area contributed by atoms with E-state index in [0.29, 0.717) is 5.69 Å². The maximum atomic E-state index is 9.20. The lowest BCUT2D eigenvalue weighted by Crippen LogP contribution is -1.69. The van der Waals surface area contributed by atoms with Crippen molar-refractivity contribution in [1.29, 1.82) is 0 Å². The second kappa shape index (κ2) is 4.11. The number of rotatable bonds is 2. The normalized spacial score (nSPS) is 11.0. The Bertz CT molecular complexity index is 588. The highest BCUT2D eigenvalue weighted by atomic mass is 32.1. The average molecular weight is 237 g/mol. The van der Waals surface area contributed by atoms with Crippen LogP contribution in [0.15, 0.2) is 28.4 Å². The number of hydrogen-bond acceptors (Lipinski definition) is 6.